The highest BCUT2D eigenvalue weighted by Crippen LogP contribution is 2.38. The van der Waals surface area contributed by atoms with Gasteiger partial charge >= 0.3 is 11.9 Å². The van der Waals surface area contributed by atoms with Crippen LogP contribution < -0.4 is 0 Å². The maximum atomic E-state index is 12.0. The van der Waals surface area contributed by atoms with Gasteiger partial charge in [-0.15, -0.1) is 0 Å². The molecule has 5 nitrogen and oxygen atoms in total. The van der Waals surface area contributed by atoms with E-state index in [-0.39, 0.29) is 18.3 Å². The Hall–Kier alpha value is -1.10. The Bertz CT molecular complexity index is 393. The summed E-state index contributed by atoms with van der Waals surface area (Å²) in [6.45, 7) is 6.15. The molecule has 0 aliphatic heterocycles. The second-order valence-corrected chi connectivity index (χ2v) is 7.45. The average molecular weight is 328 g/mol. The van der Waals surface area contributed by atoms with E-state index in [0.29, 0.717) is 25.2 Å². The fourth-order valence-electron chi connectivity index (χ4n) is 3.46. The number of carbonyl (C=O) groups is 2. The Kier molecular flexibility index (Phi) is 8.03. The van der Waals surface area contributed by atoms with Crippen LogP contribution >= 0.6 is 0 Å². The third-order valence-corrected chi connectivity index (χ3v) is 4.88. The Labute approximate surface area is 139 Å². The number of hydrogen-bond acceptors (Lipinski definition) is 4. The minimum atomic E-state index is -0.770. The molecule has 1 saturated carbocycles. The summed E-state index contributed by atoms with van der Waals surface area (Å²) in [5.74, 6) is -0.249. The Balaban J connectivity index is 2.24. The Morgan fingerprint density at radius 2 is 1.78 bits per heavy atom. The van der Waals surface area contributed by atoms with E-state index in [1.54, 1.807) is 0 Å². The van der Waals surface area contributed by atoms with Crippen molar-refractivity contribution in [1.82, 2.24) is 0 Å². The topological polar surface area (TPSA) is 83.8 Å². The van der Waals surface area contributed by atoms with Gasteiger partial charge in [0.1, 0.15) is 5.60 Å². The number of aliphatic hydroxyl groups is 1. The lowest BCUT2D eigenvalue weighted by Gasteiger charge is -2.41. The molecule has 0 spiro atoms. The molecule has 5 heteroatoms. The van der Waals surface area contributed by atoms with Gasteiger partial charge in [-0.3, -0.25) is 9.59 Å². The van der Waals surface area contributed by atoms with Crippen LogP contribution in [0.25, 0.3) is 0 Å². The average Bonchev–Trinajstić information content (AvgIpc) is 2.41. The SMILES string of the molecule is CC(C)[C@H]1CC[C@@](C)(OC(=O)CCCCCCC(=O)O)C[C@@H]1O. The number of ether oxygens (including phenoxy) is 1. The second-order valence-electron chi connectivity index (χ2n) is 7.45. The van der Waals surface area contributed by atoms with E-state index in [0.717, 1.165) is 32.1 Å². The molecule has 0 amide bonds. The van der Waals surface area contributed by atoms with E-state index in [2.05, 4.69) is 13.8 Å². The highest BCUT2D eigenvalue weighted by atomic mass is 16.6. The van der Waals surface area contributed by atoms with E-state index in [1.165, 1.54) is 0 Å². The van der Waals surface area contributed by atoms with Gasteiger partial charge in [0.2, 0.25) is 0 Å². The van der Waals surface area contributed by atoms with Gasteiger partial charge < -0.3 is 14.9 Å². The van der Waals surface area contributed by atoms with Crippen molar-refractivity contribution in [1.29, 1.82) is 0 Å². The molecule has 1 aliphatic carbocycles. The van der Waals surface area contributed by atoms with Gasteiger partial charge in [-0.1, -0.05) is 26.7 Å². The van der Waals surface area contributed by atoms with Crippen molar-refractivity contribution in [3.63, 3.8) is 0 Å². The number of aliphatic hydroxyl groups excluding tert-OH is 1. The first-order valence-corrected chi connectivity index (χ1v) is 8.85. The quantitative estimate of drug-likeness (QED) is 0.499. The zero-order valence-electron chi connectivity index (χ0n) is 14.7. The first kappa shape index (κ1) is 19.9. The molecule has 0 aromatic heterocycles. The van der Waals surface area contributed by atoms with Crippen LogP contribution in [0, 0.1) is 11.8 Å². The monoisotopic (exact) mass is 328 g/mol. The van der Waals surface area contributed by atoms with Crippen LogP contribution in [0.5, 0.6) is 0 Å². The van der Waals surface area contributed by atoms with E-state index in [1.807, 2.05) is 6.92 Å². The largest absolute Gasteiger partial charge is 0.481 e. The maximum absolute atomic E-state index is 12.0. The standard InChI is InChI=1S/C18H32O5/c1-13(2)14-10-11-18(3,12-15(14)19)23-17(22)9-7-5-4-6-8-16(20)21/h13-15,19H,4-12H2,1-3H3,(H,20,21)/t14-,15+,18-/m1/s1. The fourth-order valence-corrected chi connectivity index (χ4v) is 3.46. The van der Waals surface area contributed by atoms with Crippen molar-refractivity contribution in [3.8, 4) is 0 Å². The van der Waals surface area contributed by atoms with Crippen LogP contribution in [0.1, 0.15) is 78.6 Å². The van der Waals surface area contributed by atoms with Crippen molar-refractivity contribution in [2.45, 2.75) is 90.3 Å². The first-order chi connectivity index (χ1) is 10.7. The van der Waals surface area contributed by atoms with E-state index in [9.17, 15) is 14.7 Å². The molecule has 3 atom stereocenters. The number of carbonyl (C=O) groups excluding carboxylic acids is 1. The Morgan fingerprint density at radius 3 is 2.30 bits per heavy atom. The number of carboxylic acid groups (broad SMARTS) is 1. The molecule has 0 saturated heterocycles. The van der Waals surface area contributed by atoms with Gasteiger partial charge in [0.25, 0.3) is 0 Å². The molecule has 23 heavy (non-hydrogen) atoms. The number of rotatable bonds is 9. The molecule has 0 aromatic carbocycles. The van der Waals surface area contributed by atoms with Crippen molar-refractivity contribution < 1.29 is 24.5 Å². The second kappa shape index (κ2) is 9.26. The molecule has 1 rings (SSSR count). The van der Waals surface area contributed by atoms with Crippen molar-refractivity contribution in [2.24, 2.45) is 11.8 Å². The van der Waals surface area contributed by atoms with Crippen LogP contribution in [0.15, 0.2) is 0 Å². The summed E-state index contributed by atoms with van der Waals surface area (Å²) in [6.07, 6.45) is 5.41. The summed E-state index contributed by atoms with van der Waals surface area (Å²) in [6, 6.07) is 0. The molecule has 0 unspecified atom stereocenters. The van der Waals surface area contributed by atoms with Crippen LogP contribution in [0.4, 0.5) is 0 Å². The van der Waals surface area contributed by atoms with Gasteiger partial charge in [0, 0.05) is 19.3 Å². The zero-order chi connectivity index (χ0) is 17.5. The predicted molar refractivity (Wildman–Crippen MR) is 88.0 cm³/mol. The third kappa shape index (κ3) is 7.34. The maximum Gasteiger partial charge on any atom is 0.306 e. The van der Waals surface area contributed by atoms with Crippen molar-refractivity contribution in [3.05, 3.63) is 0 Å². The molecular formula is C18H32O5. The fraction of sp³-hybridized carbons (Fsp3) is 0.889. The molecule has 134 valence electrons. The van der Waals surface area contributed by atoms with Crippen LogP contribution in [0.3, 0.4) is 0 Å². The van der Waals surface area contributed by atoms with Gasteiger partial charge in [-0.25, -0.2) is 0 Å². The normalized spacial score (nSPS) is 27.9. The minimum absolute atomic E-state index is 0.192. The van der Waals surface area contributed by atoms with Crippen LogP contribution in [-0.2, 0) is 14.3 Å². The molecule has 0 heterocycles. The minimum Gasteiger partial charge on any atom is -0.481 e. The smallest absolute Gasteiger partial charge is 0.306 e. The summed E-state index contributed by atoms with van der Waals surface area (Å²) in [7, 11) is 0. The Morgan fingerprint density at radius 1 is 1.17 bits per heavy atom. The van der Waals surface area contributed by atoms with E-state index in [4.69, 9.17) is 9.84 Å². The summed E-state index contributed by atoms with van der Waals surface area (Å²) in [5.41, 5.74) is -0.550. The summed E-state index contributed by atoms with van der Waals surface area (Å²) in [5, 5.41) is 18.8. The lowest BCUT2D eigenvalue weighted by Crippen LogP contribution is -2.44. The van der Waals surface area contributed by atoms with Gasteiger partial charge in [-0.2, -0.15) is 0 Å². The van der Waals surface area contributed by atoms with Gasteiger partial charge in [0.15, 0.2) is 0 Å². The molecule has 2 N–H and O–H groups in total. The molecule has 0 radical (unpaired) electrons. The first-order valence-electron chi connectivity index (χ1n) is 8.85. The van der Waals surface area contributed by atoms with Gasteiger partial charge in [-0.05, 0) is 44.4 Å². The summed E-state index contributed by atoms with van der Waals surface area (Å²) in [4.78, 5) is 22.4. The van der Waals surface area contributed by atoms with Crippen LogP contribution in [-0.4, -0.2) is 33.9 Å². The molecule has 0 bridgehead atoms. The third-order valence-electron chi connectivity index (χ3n) is 4.88. The molecular weight excluding hydrogens is 296 g/mol. The van der Waals surface area contributed by atoms with Gasteiger partial charge in [0.05, 0.1) is 6.10 Å². The predicted octanol–water partition coefficient (Wildman–Crippen LogP) is 3.53. The summed E-state index contributed by atoms with van der Waals surface area (Å²) < 4.78 is 5.63. The van der Waals surface area contributed by atoms with E-state index >= 15 is 0 Å². The number of carboxylic acids is 1. The molecule has 1 aliphatic rings. The number of hydrogen-bond donors (Lipinski definition) is 2. The number of aliphatic carboxylic acids is 1. The van der Waals surface area contributed by atoms with Crippen molar-refractivity contribution >= 4 is 11.9 Å². The number of unbranched alkanes of at least 4 members (excludes halogenated alkanes) is 3. The highest BCUT2D eigenvalue weighted by molar-refractivity contribution is 5.69. The van der Waals surface area contributed by atoms with E-state index < -0.39 is 17.7 Å². The lowest BCUT2D eigenvalue weighted by molar-refractivity contribution is -0.168. The molecule has 1 fully saturated rings. The van der Waals surface area contributed by atoms with Crippen molar-refractivity contribution in [2.75, 3.05) is 0 Å². The molecule has 0 aromatic rings. The summed E-state index contributed by atoms with van der Waals surface area (Å²) >= 11 is 0. The zero-order valence-corrected chi connectivity index (χ0v) is 14.7. The van der Waals surface area contributed by atoms with Crippen LogP contribution in [0.2, 0.25) is 0 Å². The highest BCUT2D eigenvalue weighted by Gasteiger charge is 2.40. The number of esters is 1. The lowest BCUT2D eigenvalue weighted by atomic mass is 9.73.